The van der Waals surface area contributed by atoms with Gasteiger partial charge in [-0.05, 0) is 289 Å². The summed E-state index contributed by atoms with van der Waals surface area (Å²) in [5.74, 6) is 0. The molecule has 0 N–H and O–H groups in total. The van der Waals surface area contributed by atoms with E-state index in [0.29, 0.717) is 0 Å². The zero-order valence-corrected chi connectivity index (χ0v) is 57.0. The SMILES string of the molecule is c1cc(-c2cc3c4c(cccc4c2)-c2ccccc2-3)cc(-c2ccccc2-c2ccncc2)c1.c1cc(-c2cccc(-c3cc4ccccc4c4ccccc34)c2)cc(-c2cc3c4c(cccc4c2)-c2ccccc2-3)c1.c1ccc(-c2cccc(-c3cc4c5c(cccc5c3)-c3ccccc3-4)c2)cc1. The number of nitrogens with zero attached hydrogens (tertiary/aromatic N) is 1. The van der Waals surface area contributed by atoms with E-state index in [0.717, 1.165) is 0 Å². The van der Waals surface area contributed by atoms with Crippen LogP contribution < -0.4 is 0 Å². The predicted molar refractivity (Wildman–Crippen MR) is 441 cm³/mol. The number of hydrogen-bond donors (Lipinski definition) is 0. The molecule has 0 atom stereocenters. The zero-order chi connectivity index (χ0) is 68.6. The number of pyridine rings is 1. The molecule has 104 heavy (non-hydrogen) atoms. The molecule has 0 radical (unpaired) electrons. The van der Waals surface area contributed by atoms with Crippen LogP contribution in [0.5, 0.6) is 0 Å². The standard InChI is InChI=1S/C42H26.C33H21N.C28H18/c1-2-16-34-31(10-1)25-40(37-19-5-3-17-35(34)37)30-14-8-12-28(23-30)27-11-7-13-29(22-27)33-24-32-15-9-21-39-36-18-4-6-20-38(36)41(26-33)42(32)39;1-2-11-28(27(10-1)22-15-17-34-18-16-22)24-8-5-7-23(19-24)26-20-25-9-6-14-31-29-12-3-4-13-30(29)32(21-26)33(25)31;1-2-8-19(9-3-1)20-10-6-11-21(16-20)23-17-22-12-7-15-26-24-13-4-5-14-25(24)27(18-23)28(22)26/h1-26H;1-21H;1-18H. The summed E-state index contributed by atoms with van der Waals surface area (Å²) < 4.78 is 0. The fourth-order valence-corrected chi connectivity index (χ4v) is 16.9. The second-order valence-corrected chi connectivity index (χ2v) is 27.6. The summed E-state index contributed by atoms with van der Waals surface area (Å²) in [6.07, 6.45) is 3.71. The van der Waals surface area contributed by atoms with Gasteiger partial charge in [0.25, 0.3) is 0 Å². The maximum atomic E-state index is 4.19. The normalized spacial score (nSPS) is 11.7. The molecule has 1 heterocycles. The third kappa shape index (κ3) is 10.4. The van der Waals surface area contributed by atoms with Gasteiger partial charge in [0.2, 0.25) is 0 Å². The average molecular weight is 1320 g/mol. The van der Waals surface area contributed by atoms with Crippen molar-refractivity contribution in [1.82, 2.24) is 4.98 Å². The minimum absolute atomic E-state index is 1.18. The fraction of sp³-hybridized carbons (Fsp3) is 0. The highest BCUT2D eigenvalue weighted by molar-refractivity contribution is 6.20. The first-order valence-electron chi connectivity index (χ1n) is 35.9. The molecule has 19 aromatic rings. The average Bonchev–Trinajstić information content (AvgIpc) is 1.58. The van der Waals surface area contributed by atoms with Crippen LogP contribution in [-0.2, 0) is 0 Å². The maximum Gasteiger partial charge on any atom is 0.0273 e. The van der Waals surface area contributed by atoms with E-state index in [4.69, 9.17) is 0 Å². The highest BCUT2D eigenvalue weighted by Crippen LogP contribution is 2.52. The lowest BCUT2D eigenvalue weighted by molar-refractivity contribution is 1.33. The summed E-state index contributed by atoms with van der Waals surface area (Å²) in [5, 5.41) is 13.2. The molecule has 0 aliphatic heterocycles. The van der Waals surface area contributed by atoms with E-state index in [2.05, 4.69) is 387 Å². The van der Waals surface area contributed by atoms with Crippen molar-refractivity contribution in [2.75, 3.05) is 0 Å². The molecule has 482 valence electrons. The topological polar surface area (TPSA) is 12.9 Å². The van der Waals surface area contributed by atoms with Gasteiger partial charge in [0, 0.05) is 12.4 Å². The highest BCUT2D eigenvalue weighted by atomic mass is 14.6. The van der Waals surface area contributed by atoms with Crippen LogP contribution in [0, 0.1) is 0 Å². The largest absolute Gasteiger partial charge is 0.265 e. The van der Waals surface area contributed by atoms with Crippen molar-refractivity contribution < 1.29 is 0 Å². The van der Waals surface area contributed by atoms with Crippen LogP contribution in [0.2, 0.25) is 0 Å². The molecule has 0 unspecified atom stereocenters. The summed E-state index contributed by atoms with van der Waals surface area (Å²) in [7, 11) is 0. The smallest absolute Gasteiger partial charge is 0.0273 e. The second kappa shape index (κ2) is 25.2. The Morgan fingerprint density at radius 2 is 0.413 bits per heavy atom. The molecule has 0 saturated carbocycles. The summed E-state index contributed by atoms with van der Waals surface area (Å²) in [4.78, 5) is 4.19. The number of benzene rings is 18. The molecule has 22 rings (SSSR count). The summed E-state index contributed by atoms with van der Waals surface area (Å²) in [6, 6.07) is 139. The summed E-state index contributed by atoms with van der Waals surface area (Å²) >= 11 is 0. The monoisotopic (exact) mass is 1320 g/mol. The molecule has 0 bridgehead atoms. The third-order valence-electron chi connectivity index (χ3n) is 21.7. The van der Waals surface area contributed by atoms with Gasteiger partial charge in [-0.1, -0.05) is 303 Å². The molecule has 0 fully saturated rings. The van der Waals surface area contributed by atoms with Crippen LogP contribution in [0.1, 0.15) is 0 Å². The Hall–Kier alpha value is -13.6. The van der Waals surface area contributed by atoms with Crippen LogP contribution in [0.15, 0.2) is 395 Å². The quantitative estimate of drug-likeness (QED) is 0.138. The Morgan fingerprint density at radius 1 is 0.125 bits per heavy atom. The Kier molecular flexibility index (Phi) is 14.7. The number of rotatable bonds is 8. The van der Waals surface area contributed by atoms with Crippen LogP contribution in [0.25, 0.3) is 210 Å². The van der Waals surface area contributed by atoms with Gasteiger partial charge in [-0.25, -0.2) is 0 Å². The van der Waals surface area contributed by atoms with Gasteiger partial charge in [-0.3, -0.25) is 4.98 Å². The minimum atomic E-state index is 1.18. The summed E-state index contributed by atoms with van der Waals surface area (Å²) in [5.41, 5.74) is 35.9. The first kappa shape index (κ1) is 60.4. The maximum absolute atomic E-state index is 4.19. The lowest BCUT2D eigenvalue weighted by Crippen LogP contribution is -1.87. The molecule has 1 nitrogen and oxygen atoms in total. The van der Waals surface area contributed by atoms with Gasteiger partial charge in [-0.2, -0.15) is 0 Å². The van der Waals surface area contributed by atoms with Crippen molar-refractivity contribution >= 4 is 53.9 Å². The zero-order valence-electron chi connectivity index (χ0n) is 57.0. The van der Waals surface area contributed by atoms with Gasteiger partial charge < -0.3 is 0 Å². The van der Waals surface area contributed by atoms with Crippen molar-refractivity contribution in [1.29, 1.82) is 0 Å². The third-order valence-corrected chi connectivity index (χ3v) is 21.7. The Morgan fingerprint density at radius 3 is 0.865 bits per heavy atom. The predicted octanol–water partition coefficient (Wildman–Crippen LogP) is 28.5. The van der Waals surface area contributed by atoms with Crippen LogP contribution in [0.4, 0.5) is 0 Å². The van der Waals surface area contributed by atoms with E-state index in [9.17, 15) is 0 Å². The molecule has 1 aromatic heterocycles. The molecule has 0 saturated heterocycles. The van der Waals surface area contributed by atoms with Crippen LogP contribution >= 0.6 is 0 Å². The Bertz CT molecular complexity index is 6660. The molecular weight excluding hydrogens is 1250 g/mol. The van der Waals surface area contributed by atoms with E-state index in [1.165, 1.54) is 210 Å². The first-order chi connectivity index (χ1) is 51.6. The van der Waals surface area contributed by atoms with Gasteiger partial charge in [0.1, 0.15) is 0 Å². The van der Waals surface area contributed by atoms with E-state index >= 15 is 0 Å². The Balaban J connectivity index is 0.000000106. The molecule has 1 heteroatoms. The second-order valence-electron chi connectivity index (χ2n) is 27.6. The van der Waals surface area contributed by atoms with E-state index < -0.39 is 0 Å². The molecule has 3 aliphatic carbocycles. The molecule has 3 aliphatic rings. The highest BCUT2D eigenvalue weighted by Gasteiger charge is 2.26. The lowest BCUT2D eigenvalue weighted by Gasteiger charge is -2.13. The van der Waals surface area contributed by atoms with E-state index in [1.54, 1.807) is 0 Å². The van der Waals surface area contributed by atoms with Gasteiger partial charge in [0.05, 0.1) is 0 Å². The van der Waals surface area contributed by atoms with Crippen molar-refractivity contribution in [3.05, 3.63) is 395 Å². The van der Waals surface area contributed by atoms with Crippen molar-refractivity contribution in [3.8, 4) is 156 Å². The first-order valence-corrected chi connectivity index (χ1v) is 35.9. The van der Waals surface area contributed by atoms with Crippen LogP contribution in [0.3, 0.4) is 0 Å². The molecule has 0 spiro atoms. The van der Waals surface area contributed by atoms with Crippen molar-refractivity contribution in [2.24, 2.45) is 0 Å². The number of fused-ring (bicyclic) bond motifs is 12. The molecule has 18 aromatic carbocycles. The molecular formula is C103H65N. The van der Waals surface area contributed by atoms with Gasteiger partial charge >= 0.3 is 0 Å². The Labute approximate surface area is 605 Å². The van der Waals surface area contributed by atoms with Crippen molar-refractivity contribution in [3.63, 3.8) is 0 Å². The fourth-order valence-electron chi connectivity index (χ4n) is 16.9. The number of hydrogen-bond acceptors (Lipinski definition) is 1. The molecule has 0 amide bonds. The van der Waals surface area contributed by atoms with Crippen LogP contribution in [-0.4, -0.2) is 4.98 Å². The van der Waals surface area contributed by atoms with E-state index in [1.807, 2.05) is 12.4 Å². The lowest BCUT2D eigenvalue weighted by atomic mass is 9.91. The summed E-state index contributed by atoms with van der Waals surface area (Å²) in [6.45, 7) is 0. The minimum Gasteiger partial charge on any atom is -0.265 e. The number of aromatic nitrogens is 1. The van der Waals surface area contributed by atoms with Crippen molar-refractivity contribution in [2.45, 2.75) is 0 Å². The van der Waals surface area contributed by atoms with Gasteiger partial charge in [0.15, 0.2) is 0 Å². The van der Waals surface area contributed by atoms with Gasteiger partial charge in [-0.15, -0.1) is 0 Å². The van der Waals surface area contributed by atoms with E-state index in [-0.39, 0.29) is 0 Å².